The van der Waals surface area contributed by atoms with E-state index < -0.39 is 6.09 Å². The molecule has 1 aliphatic rings. The zero-order valence-corrected chi connectivity index (χ0v) is 12.9. The van der Waals surface area contributed by atoms with E-state index in [4.69, 9.17) is 4.74 Å². The van der Waals surface area contributed by atoms with E-state index in [1.54, 1.807) is 23.2 Å². The van der Waals surface area contributed by atoms with E-state index in [2.05, 4.69) is 12.3 Å². The van der Waals surface area contributed by atoms with E-state index in [0.29, 0.717) is 5.75 Å². The lowest BCUT2D eigenvalue weighted by molar-refractivity contribution is 0.160. The van der Waals surface area contributed by atoms with Crippen molar-refractivity contribution in [3.63, 3.8) is 0 Å². The van der Waals surface area contributed by atoms with Crippen LogP contribution in [0.5, 0.6) is 5.75 Å². The van der Waals surface area contributed by atoms with Crippen molar-refractivity contribution in [3.05, 3.63) is 89.8 Å². The summed E-state index contributed by atoms with van der Waals surface area (Å²) in [5.41, 5.74) is 5.89. The number of benzene rings is 2. The molecule has 1 aliphatic heterocycles. The van der Waals surface area contributed by atoms with Crippen LogP contribution in [0, 0.1) is 0 Å². The fraction of sp³-hybridized carbons (Fsp3) is 0.100. The van der Waals surface area contributed by atoms with Crippen molar-refractivity contribution >= 4 is 12.2 Å². The van der Waals surface area contributed by atoms with Crippen molar-refractivity contribution < 1.29 is 9.53 Å². The van der Waals surface area contributed by atoms with Gasteiger partial charge in [0.2, 0.25) is 0 Å². The zero-order valence-electron chi connectivity index (χ0n) is 12.9. The fourth-order valence-electron chi connectivity index (χ4n) is 2.66. The van der Waals surface area contributed by atoms with Gasteiger partial charge in [-0.2, -0.15) is 0 Å². The molecule has 0 aromatic heterocycles. The minimum absolute atomic E-state index is 0.259. The summed E-state index contributed by atoms with van der Waals surface area (Å²) < 4.78 is 5.47. The molecule has 0 fully saturated rings. The van der Waals surface area contributed by atoms with E-state index in [0.717, 1.165) is 16.7 Å². The first kappa shape index (κ1) is 14.9. The van der Waals surface area contributed by atoms with Gasteiger partial charge in [0.1, 0.15) is 5.75 Å². The van der Waals surface area contributed by atoms with Crippen LogP contribution in [0.15, 0.2) is 78.7 Å². The van der Waals surface area contributed by atoms with Gasteiger partial charge in [0.15, 0.2) is 0 Å². The van der Waals surface area contributed by atoms with Crippen LogP contribution in [-0.2, 0) is 0 Å². The van der Waals surface area contributed by atoms with E-state index in [9.17, 15) is 4.79 Å². The number of para-hydroxylation sites is 1. The van der Waals surface area contributed by atoms with Crippen molar-refractivity contribution in [2.45, 2.75) is 13.0 Å². The molecule has 0 radical (unpaired) electrons. The third-order valence-corrected chi connectivity index (χ3v) is 3.83. The van der Waals surface area contributed by atoms with Gasteiger partial charge in [-0.3, -0.25) is 4.90 Å². The second-order valence-corrected chi connectivity index (χ2v) is 5.30. The number of hydrogen-bond acceptors (Lipinski definition) is 2. The summed E-state index contributed by atoms with van der Waals surface area (Å²) in [6, 6.07) is 16.8. The highest BCUT2D eigenvalue weighted by atomic mass is 16.6. The Kier molecular flexibility index (Phi) is 4.13. The first-order valence-corrected chi connectivity index (χ1v) is 7.39. The lowest BCUT2D eigenvalue weighted by atomic mass is 9.92. The van der Waals surface area contributed by atoms with Crippen molar-refractivity contribution in [3.8, 4) is 5.75 Å². The molecular formula is C20H17NO2. The Morgan fingerprint density at radius 1 is 1.13 bits per heavy atom. The van der Waals surface area contributed by atoms with Gasteiger partial charge in [-0.05, 0) is 41.8 Å². The van der Waals surface area contributed by atoms with Crippen LogP contribution in [0.1, 0.15) is 24.1 Å². The number of carbonyl (C=O) groups is 1. The summed E-state index contributed by atoms with van der Waals surface area (Å²) in [6.07, 6.45) is 3.23. The van der Waals surface area contributed by atoms with Crippen LogP contribution in [0.4, 0.5) is 4.79 Å². The Bertz CT molecular complexity index is 801. The third kappa shape index (κ3) is 2.96. The predicted molar refractivity (Wildman–Crippen MR) is 90.8 cm³/mol. The van der Waals surface area contributed by atoms with Crippen molar-refractivity contribution in [1.29, 1.82) is 0 Å². The van der Waals surface area contributed by atoms with Gasteiger partial charge in [-0.25, -0.2) is 4.79 Å². The standard InChI is InChI=1S/C20H17NO2/c1-3-15(2)19-18-12-8-7-9-16(18)13-14-21(19)20(22)23-17-10-5-4-6-11-17/h4-14,19H,1H2,2H3. The highest BCUT2D eigenvalue weighted by Crippen LogP contribution is 2.35. The highest BCUT2D eigenvalue weighted by Gasteiger charge is 2.30. The molecule has 1 atom stereocenters. The Morgan fingerprint density at radius 2 is 1.83 bits per heavy atom. The summed E-state index contributed by atoms with van der Waals surface area (Å²) in [5.74, 6) is 0.517. The Morgan fingerprint density at radius 3 is 2.57 bits per heavy atom. The molecule has 114 valence electrons. The number of rotatable bonds is 2. The number of hydrogen-bond donors (Lipinski definition) is 0. The first-order chi connectivity index (χ1) is 11.2. The van der Waals surface area contributed by atoms with Gasteiger partial charge >= 0.3 is 6.09 Å². The lowest BCUT2D eigenvalue weighted by Crippen LogP contribution is -2.35. The molecule has 0 N–H and O–H groups in total. The molecule has 23 heavy (non-hydrogen) atoms. The average molecular weight is 303 g/mol. The Hall–Kier alpha value is -3.03. The maximum Gasteiger partial charge on any atom is 0.420 e. The molecule has 0 spiro atoms. The molecule has 2 aromatic rings. The van der Waals surface area contributed by atoms with Gasteiger partial charge in [0.05, 0.1) is 6.04 Å². The number of ether oxygens (including phenoxy) is 1. The SMILES string of the molecule is C=C=C(C)C1c2ccccc2C=CN1C(=O)Oc1ccccc1. The number of amides is 1. The van der Waals surface area contributed by atoms with Gasteiger partial charge in [-0.1, -0.05) is 49.0 Å². The summed E-state index contributed by atoms with van der Waals surface area (Å²) >= 11 is 0. The normalized spacial score (nSPS) is 15.5. The maximum absolute atomic E-state index is 12.6. The van der Waals surface area contributed by atoms with E-state index >= 15 is 0 Å². The smallest absolute Gasteiger partial charge is 0.410 e. The molecule has 2 aromatic carbocycles. The predicted octanol–water partition coefficient (Wildman–Crippen LogP) is 4.94. The second-order valence-electron chi connectivity index (χ2n) is 5.30. The van der Waals surface area contributed by atoms with Gasteiger partial charge in [0, 0.05) is 6.20 Å². The molecule has 1 unspecified atom stereocenters. The Balaban J connectivity index is 1.95. The summed E-state index contributed by atoms with van der Waals surface area (Å²) in [6.45, 7) is 5.63. The monoisotopic (exact) mass is 303 g/mol. The molecule has 0 saturated heterocycles. The molecular weight excluding hydrogens is 286 g/mol. The molecule has 3 nitrogen and oxygen atoms in total. The number of carbonyl (C=O) groups excluding carboxylic acids is 1. The molecule has 3 heteroatoms. The second kappa shape index (κ2) is 6.39. The Labute approximate surface area is 135 Å². The summed E-state index contributed by atoms with van der Waals surface area (Å²) in [5, 5.41) is 0. The average Bonchev–Trinajstić information content (AvgIpc) is 2.60. The van der Waals surface area contributed by atoms with Crippen molar-refractivity contribution in [1.82, 2.24) is 4.90 Å². The van der Waals surface area contributed by atoms with Crippen LogP contribution in [0.25, 0.3) is 6.08 Å². The van der Waals surface area contributed by atoms with Gasteiger partial charge in [0.25, 0.3) is 0 Å². The van der Waals surface area contributed by atoms with E-state index in [1.807, 2.05) is 55.5 Å². The molecule has 1 amide bonds. The van der Waals surface area contributed by atoms with Crippen LogP contribution >= 0.6 is 0 Å². The first-order valence-electron chi connectivity index (χ1n) is 7.39. The molecule has 0 saturated carbocycles. The van der Waals surface area contributed by atoms with Crippen LogP contribution in [0.3, 0.4) is 0 Å². The van der Waals surface area contributed by atoms with Crippen LogP contribution in [-0.4, -0.2) is 11.0 Å². The van der Waals surface area contributed by atoms with E-state index in [1.165, 1.54) is 0 Å². The van der Waals surface area contributed by atoms with Gasteiger partial charge < -0.3 is 4.74 Å². The van der Waals surface area contributed by atoms with Gasteiger partial charge in [-0.15, -0.1) is 5.73 Å². The number of fused-ring (bicyclic) bond motifs is 1. The highest BCUT2D eigenvalue weighted by molar-refractivity contribution is 5.76. The van der Waals surface area contributed by atoms with Crippen LogP contribution in [0.2, 0.25) is 0 Å². The lowest BCUT2D eigenvalue weighted by Gasteiger charge is -2.32. The summed E-state index contributed by atoms with van der Waals surface area (Å²) in [4.78, 5) is 14.2. The van der Waals surface area contributed by atoms with Crippen molar-refractivity contribution in [2.24, 2.45) is 0 Å². The minimum Gasteiger partial charge on any atom is -0.410 e. The van der Waals surface area contributed by atoms with E-state index in [-0.39, 0.29) is 6.04 Å². The topological polar surface area (TPSA) is 29.5 Å². The minimum atomic E-state index is -0.429. The molecule has 0 bridgehead atoms. The maximum atomic E-state index is 12.6. The molecule has 3 rings (SSSR count). The largest absolute Gasteiger partial charge is 0.420 e. The van der Waals surface area contributed by atoms with Crippen LogP contribution < -0.4 is 4.74 Å². The van der Waals surface area contributed by atoms with Crippen molar-refractivity contribution in [2.75, 3.05) is 0 Å². The third-order valence-electron chi connectivity index (χ3n) is 3.83. The molecule has 0 aliphatic carbocycles. The summed E-state index contributed by atoms with van der Waals surface area (Å²) in [7, 11) is 0. The molecule has 1 heterocycles. The quantitative estimate of drug-likeness (QED) is 0.735. The fourth-order valence-corrected chi connectivity index (χ4v) is 2.66. The number of nitrogens with zero attached hydrogens (tertiary/aromatic N) is 1. The zero-order chi connectivity index (χ0) is 16.2.